The zero-order chi connectivity index (χ0) is 12.4. The molecule has 18 heavy (non-hydrogen) atoms. The third kappa shape index (κ3) is 2.28. The van der Waals surface area contributed by atoms with E-state index < -0.39 is 0 Å². The summed E-state index contributed by atoms with van der Waals surface area (Å²) in [5.74, 6) is 1.12. The molecule has 0 saturated carbocycles. The van der Waals surface area contributed by atoms with Crippen LogP contribution in [0.1, 0.15) is 30.1 Å². The molecule has 0 aliphatic carbocycles. The maximum absolute atomic E-state index is 4.06. The molecule has 2 nitrogen and oxygen atoms in total. The Morgan fingerprint density at radius 3 is 2.83 bits per heavy atom. The first kappa shape index (κ1) is 11.8. The number of fused-ring (bicyclic) bond motifs is 1. The van der Waals surface area contributed by atoms with Crippen LogP contribution >= 0.6 is 11.8 Å². The Morgan fingerprint density at radius 2 is 2.00 bits per heavy atom. The summed E-state index contributed by atoms with van der Waals surface area (Å²) in [6.07, 6.45) is 3.70. The Labute approximate surface area is 112 Å². The van der Waals surface area contributed by atoms with Crippen LogP contribution in [-0.2, 0) is 0 Å². The van der Waals surface area contributed by atoms with Gasteiger partial charge in [0.25, 0.3) is 0 Å². The number of hydrogen-bond acceptors (Lipinski definition) is 3. The van der Waals surface area contributed by atoms with Crippen molar-refractivity contribution in [3.8, 4) is 0 Å². The van der Waals surface area contributed by atoms with Gasteiger partial charge in [0, 0.05) is 35.1 Å². The Morgan fingerprint density at radius 1 is 1.22 bits per heavy atom. The van der Waals surface area contributed by atoms with Crippen LogP contribution in [0.3, 0.4) is 0 Å². The molecule has 1 unspecified atom stereocenters. The fraction of sp³-hybridized carbons (Fsp3) is 0.267. The molecular formula is C15H16N2S. The predicted octanol–water partition coefficient (Wildman–Crippen LogP) is 3.58. The number of nitrogens with zero attached hydrogens (tertiary/aromatic N) is 1. The van der Waals surface area contributed by atoms with Crippen molar-refractivity contribution in [1.29, 1.82) is 0 Å². The van der Waals surface area contributed by atoms with Crippen molar-refractivity contribution in [3.05, 3.63) is 59.9 Å². The van der Waals surface area contributed by atoms with Crippen LogP contribution in [0.25, 0.3) is 0 Å². The molecule has 1 aromatic heterocycles. The van der Waals surface area contributed by atoms with Gasteiger partial charge in [0.05, 0.1) is 0 Å². The smallest absolute Gasteiger partial charge is 0.0431 e. The first-order valence-corrected chi connectivity index (χ1v) is 7.21. The highest BCUT2D eigenvalue weighted by Gasteiger charge is 2.23. The fourth-order valence-electron chi connectivity index (χ4n) is 2.35. The molecule has 0 fully saturated rings. The van der Waals surface area contributed by atoms with Crippen molar-refractivity contribution in [2.24, 2.45) is 0 Å². The SMILES string of the molecule is C[C@@H](NC1CSc2ccccc21)c1ccncc1. The van der Waals surface area contributed by atoms with E-state index in [-0.39, 0.29) is 0 Å². The molecule has 1 N–H and O–H groups in total. The minimum Gasteiger partial charge on any atom is -0.303 e. The lowest BCUT2D eigenvalue weighted by Gasteiger charge is -2.20. The standard InChI is InChI=1S/C15H16N2S/c1-11(12-6-8-16-9-7-12)17-14-10-18-15-5-3-2-4-13(14)15/h2-9,11,14,17H,10H2,1H3/t11-,14?/m1/s1. The Hall–Kier alpha value is -1.32. The number of rotatable bonds is 3. The molecule has 1 aromatic carbocycles. The number of hydrogen-bond donors (Lipinski definition) is 1. The summed E-state index contributed by atoms with van der Waals surface area (Å²) in [7, 11) is 0. The summed E-state index contributed by atoms with van der Waals surface area (Å²) >= 11 is 1.94. The molecule has 2 aromatic rings. The summed E-state index contributed by atoms with van der Waals surface area (Å²) in [4.78, 5) is 5.48. The van der Waals surface area contributed by atoms with Crippen molar-refractivity contribution in [1.82, 2.24) is 10.3 Å². The molecule has 2 atom stereocenters. The monoisotopic (exact) mass is 256 g/mol. The number of thioether (sulfide) groups is 1. The fourth-order valence-corrected chi connectivity index (χ4v) is 3.52. The number of pyridine rings is 1. The quantitative estimate of drug-likeness (QED) is 0.908. The van der Waals surface area contributed by atoms with Gasteiger partial charge in [0.1, 0.15) is 0 Å². The zero-order valence-corrected chi connectivity index (χ0v) is 11.2. The molecule has 1 aliphatic heterocycles. The van der Waals surface area contributed by atoms with Gasteiger partial charge in [-0.25, -0.2) is 0 Å². The molecule has 3 heteroatoms. The summed E-state index contributed by atoms with van der Waals surface area (Å²) in [5, 5.41) is 3.70. The average molecular weight is 256 g/mol. The van der Waals surface area contributed by atoms with E-state index in [1.807, 2.05) is 24.2 Å². The highest BCUT2D eigenvalue weighted by molar-refractivity contribution is 7.99. The van der Waals surface area contributed by atoms with E-state index in [0.717, 1.165) is 5.75 Å². The number of aromatic nitrogens is 1. The second-order valence-electron chi connectivity index (χ2n) is 4.57. The van der Waals surface area contributed by atoms with Gasteiger partial charge in [-0.15, -0.1) is 11.8 Å². The van der Waals surface area contributed by atoms with Crippen LogP contribution in [0, 0.1) is 0 Å². The van der Waals surface area contributed by atoms with E-state index >= 15 is 0 Å². The predicted molar refractivity (Wildman–Crippen MR) is 75.7 cm³/mol. The average Bonchev–Trinajstić information content (AvgIpc) is 2.83. The molecule has 0 spiro atoms. The number of nitrogens with one attached hydrogen (secondary N) is 1. The first-order valence-electron chi connectivity index (χ1n) is 6.22. The van der Waals surface area contributed by atoms with E-state index in [0.29, 0.717) is 12.1 Å². The maximum Gasteiger partial charge on any atom is 0.0431 e. The van der Waals surface area contributed by atoms with Crippen LogP contribution in [-0.4, -0.2) is 10.7 Å². The normalized spacial score (nSPS) is 19.5. The summed E-state index contributed by atoms with van der Waals surface area (Å²) in [5.41, 5.74) is 2.72. The summed E-state index contributed by atoms with van der Waals surface area (Å²) in [6.45, 7) is 2.21. The minimum absolute atomic E-state index is 0.352. The molecule has 1 aliphatic rings. The molecule has 0 amide bonds. The minimum atomic E-state index is 0.352. The Balaban J connectivity index is 1.75. The second-order valence-corrected chi connectivity index (χ2v) is 5.63. The lowest BCUT2D eigenvalue weighted by atomic mass is 10.1. The van der Waals surface area contributed by atoms with E-state index in [1.165, 1.54) is 16.0 Å². The zero-order valence-electron chi connectivity index (χ0n) is 10.3. The highest BCUT2D eigenvalue weighted by atomic mass is 32.2. The van der Waals surface area contributed by atoms with Crippen molar-refractivity contribution >= 4 is 11.8 Å². The molecule has 0 radical (unpaired) electrons. The van der Waals surface area contributed by atoms with E-state index in [9.17, 15) is 0 Å². The van der Waals surface area contributed by atoms with Crippen molar-refractivity contribution in [2.45, 2.75) is 23.9 Å². The van der Waals surface area contributed by atoms with Gasteiger partial charge in [-0.05, 0) is 36.2 Å². The van der Waals surface area contributed by atoms with Gasteiger partial charge in [0.2, 0.25) is 0 Å². The largest absolute Gasteiger partial charge is 0.303 e. The van der Waals surface area contributed by atoms with Gasteiger partial charge in [-0.3, -0.25) is 4.98 Å². The second kappa shape index (κ2) is 5.12. The molecule has 92 valence electrons. The van der Waals surface area contributed by atoms with Crippen molar-refractivity contribution in [3.63, 3.8) is 0 Å². The topological polar surface area (TPSA) is 24.9 Å². The lowest BCUT2D eigenvalue weighted by Crippen LogP contribution is -2.24. The van der Waals surface area contributed by atoms with E-state index in [1.54, 1.807) is 0 Å². The van der Waals surface area contributed by atoms with Crippen LogP contribution in [0.2, 0.25) is 0 Å². The van der Waals surface area contributed by atoms with Gasteiger partial charge in [-0.1, -0.05) is 18.2 Å². The van der Waals surface area contributed by atoms with Crippen molar-refractivity contribution in [2.75, 3.05) is 5.75 Å². The molecule has 0 bridgehead atoms. The Kier molecular flexibility index (Phi) is 3.35. The Bertz CT molecular complexity index is 527. The van der Waals surface area contributed by atoms with Crippen molar-refractivity contribution < 1.29 is 0 Å². The summed E-state index contributed by atoms with van der Waals surface area (Å²) in [6, 6.07) is 13.6. The van der Waals surface area contributed by atoms with Crippen LogP contribution < -0.4 is 5.32 Å². The van der Waals surface area contributed by atoms with Gasteiger partial charge in [0.15, 0.2) is 0 Å². The van der Waals surface area contributed by atoms with Crippen LogP contribution in [0.4, 0.5) is 0 Å². The highest BCUT2D eigenvalue weighted by Crippen LogP contribution is 2.38. The van der Waals surface area contributed by atoms with Gasteiger partial charge < -0.3 is 5.32 Å². The van der Waals surface area contributed by atoms with Crippen LogP contribution in [0.5, 0.6) is 0 Å². The molecule has 2 heterocycles. The maximum atomic E-state index is 4.06. The molecule has 3 rings (SSSR count). The van der Waals surface area contributed by atoms with E-state index in [4.69, 9.17) is 0 Å². The lowest BCUT2D eigenvalue weighted by molar-refractivity contribution is 0.501. The molecular weight excluding hydrogens is 240 g/mol. The summed E-state index contributed by atoms with van der Waals surface area (Å²) < 4.78 is 0. The third-order valence-corrected chi connectivity index (χ3v) is 4.54. The van der Waals surface area contributed by atoms with Crippen LogP contribution in [0.15, 0.2) is 53.7 Å². The third-order valence-electron chi connectivity index (χ3n) is 3.36. The first-order chi connectivity index (χ1) is 8.84. The van der Waals surface area contributed by atoms with E-state index in [2.05, 4.69) is 53.6 Å². The number of benzene rings is 1. The van der Waals surface area contributed by atoms with Gasteiger partial charge in [-0.2, -0.15) is 0 Å². The van der Waals surface area contributed by atoms with Gasteiger partial charge >= 0.3 is 0 Å². The molecule has 0 saturated heterocycles.